The lowest BCUT2D eigenvalue weighted by molar-refractivity contribution is 0.968. The normalized spacial score (nSPS) is 13.6. The summed E-state index contributed by atoms with van der Waals surface area (Å²) in [5, 5.41) is 5.28. The van der Waals surface area contributed by atoms with Crippen molar-refractivity contribution in [1.29, 1.82) is 0 Å². The third-order valence-electron chi connectivity index (χ3n) is 3.87. The Balaban J connectivity index is 2.41. The molecule has 1 heteroatoms. The maximum absolute atomic E-state index is 6.17. The summed E-state index contributed by atoms with van der Waals surface area (Å²) < 4.78 is 0. The average molecular weight is 219 g/mol. The summed E-state index contributed by atoms with van der Waals surface area (Å²) in [6.45, 7) is 0. The van der Waals surface area contributed by atoms with E-state index in [0.29, 0.717) is 0 Å². The van der Waals surface area contributed by atoms with Gasteiger partial charge in [0.05, 0.1) is 0 Å². The fraction of sp³-hybridized carbons (Fsp3) is 0.125. The number of rotatable bonds is 0. The van der Waals surface area contributed by atoms with Crippen LogP contribution in [0.15, 0.2) is 42.5 Å². The molecule has 0 saturated carbocycles. The van der Waals surface area contributed by atoms with Gasteiger partial charge in [-0.3, -0.25) is 0 Å². The quantitative estimate of drug-likeness (QED) is 0.453. The topological polar surface area (TPSA) is 26.0 Å². The Bertz CT molecular complexity index is 756. The first kappa shape index (κ1) is 9.06. The molecule has 82 valence electrons. The first-order valence-corrected chi connectivity index (χ1v) is 6.06. The van der Waals surface area contributed by atoms with Crippen LogP contribution >= 0.6 is 0 Å². The summed E-state index contributed by atoms with van der Waals surface area (Å²) in [7, 11) is 0. The fourth-order valence-corrected chi connectivity index (χ4v) is 3.11. The van der Waals surface area contributed by atoms with Crippen molar-refractivity contribution in [3.8, 4) is 0 Å². The smallest absolute Gasteiger partial charge is 0.0400 e. The van der Waals surface area contributed by atoms with Crippen LogP contribution in [0, 0.1) is 0 Å². The Hall–Kier alpha value is -2.02. The van der Waals surface area contributed by atoms with E-state index in [9.17, 15) is 0 Å². The monoisotopic (exact) mass is 219 g/mol. The molecule has 1 aliphatic rings. The number of hydrogen-bond donors (Lipinski definition) is 1. The van der Waals surface area contributed by atoms with E-state index in [4.69, 9.17) is 5.73 Å². The molecule has 0 aromatic heterocycles. The SMILES string of the molecule is Nc1cc2cccc3c2c2c(cccc12)CC3. The average Bonchev–Trinajstić information content (AvgIpc) is 2.37. The van der Waals surface area contributed by atoms with E-state index in [1.165, 1.54) is 32.7 Å². The molecule has 0 spiro atoms. The molecule has 0 fully saturated rings. The van der Waals surface area contributed by atoms with Gasteiger partial charge in [-0.15, -0.1) is 0 Å². The molecular formula is C16H13N. The van der Waals surface area contributed by atoms with Gasteiger partial charge >= 0.3 is 0 Å². The Labute approximate surface area is 99.9 Å². The van der Waals surface area contributed by atoms with E-state index in [-0.39, 0.29) is 0 Å². The fourth-order valence-electron chi connectivity index (χ4n) is 3.11. The van der Waals surface area contributed by atoms with Crippen molar-refractivity contribution in [2.75, 3.05) is 5.73 Å². The van der Waals surface area contributed by atoms with Gasteiger partial charge in [-0.05, 0) is 46.2 Å². The first-order chi connectivity index (χ1) is 8.34. The Morgan fingerprint density at radius 3 is 2.35 bits per heavy atom. The summed E-state index contributed by atoms with van der Waals surface area (Å²) in [6, 6.07) is 15.1. The zero-order valence-corrected chi connectivity index (χ0v) is 9.53. The zero-order chi connectivity index (χ0) is 11.4. The summed E-state index contributed by atoms with van der Waals surface area (Å²) >= 11 is 0. The molecule has 1 nitrogen and oxygen atoms in total. The van der Waals surface area contributed by atoms with Gasteiger partial charge in [-0.1, -0.05) is 36.4 Å². The zero-order valence-electron chi connectivity index (χ0n) is 9.53. The van der Waals surface area contributed by atoms with Crippen LogP contribution in [-0.2, 0) is 12.8 Å². The van der Waals surface area contributed by atoms with Crippen LogP contribution in [0.5, 0.6) is 0 Å². The van der Waals surface area contributed by atoms with Gasteiger partial charge in [0.15, 0.2) is 0 Å². The lowest BCUT2D eigenvalue weighted by Crippen LogP contribution is -2.02. The molecule has 3 aromatic rings. The summed E-state index contributed by atoms with van der Waals surface area (Å²) in [4.78, 5) is 0. The third kappa shape index (κ3) is 1.09. The highest BCUT2D eigenvalue weighted by molar-refractivity contribution is 6.15. The van der Waals surface area contributed by atoms with Crippen LogP contribution in [0.25, 0.3) is 21.5 Å². The molecule has 0 amide bonds. The van der Waals surface area contributed by atoms with E-state index in [1.54, 1.807) is 0 Å². The molecule has 1 aliphatic carbocycles. The van der Waals surface area contributed by atoms with E-state index in [0.717, 1.165) is 18.5 Å². The highest BCUT2D eigenvalue weighted by Crippen LogP contribution is 2.38. The van der Waals surface area contributed by atoms with Gasteiger partial charge in [0.1, 0.15) is 0 Å². The van der Waals surface area contributed by atoms with Crippen molar-refractivity contribution in [3.63, 3.8) is 0 Å². The van der Waals surface area contributed by atoms with E-state index < -0.39 is 0 Å². The standard InChI is InChI=1S/C16H13N/c17-14-9-12-5-1-3-10-7-8-11-4-2-6-13(14)16(11)15(10)12/h1-6,9H,7-8,17H2. The second kappa shape index (κ2) is 3.01. The lowest BCUT2D eigenvalue weighted by Gasteiger charge is -2.19. The maximum atomic E-state index is 6.17. The van der Waals surface area contributed by atoms with E-state index >= 15 is 0 Å². The van der Waals surface area contributed by atoms with Gasteiger partial charge < -0.3 is 5.73 Å². The number of hydrogen-bond acceptors (Lipinski definition) is 1. The predicted octanol–water partition coefficient (Wildman–Crippen LogP) is 3.67. The van der Waals surface area contributed by atoms with Crippen LogP contribution in [0.1, 0.15) is 11.1 Å². The molecule has 0 aliphatic heterocycles. The van der Waals surface area contributed by atoms with E-state index in [1.807, 2.05) is 0 Å². The number of nitrogens with two attached hydrogens (primary N) is 1. The molecular weight excluding hydrogens is 206 g/mol. The Kier molecular flexibility index (Phi) is 1.60. The van der Waals surface area contributed by atoms with Gasteiger partial charge in [0.25, 0.3) is 0 Å². The summed E-state index contributed by atoms with van der Waals surface area (Å²) in [5.74, 6) is 0. The maximum Gasteiger partial charge on any atom is 0.0400 e. The van der Waals surface area contributed by atoms with Crippen LogP contribution in [-0.4, -0.2) is 0 Å². The largest absolute Gasteiger partial charge is 0.398 e. The van der Waals surface area contributed by atoms with Gasteiger partial charge in [-0.2, -0.15) is 0 Å². The van der Waals surface area contributed by atoms with Crippen molar-refractivity contribution < 1.29 is 0 Å². The minimum absolute atomic E-state index is 0.897. The highest BCUT2D eigenvalue weighted by atomic mass is 14.6. The Morgan fingerprint density at radius 1 is 0.824 bits per heavy atom. The molecule has 3 aromatic carbocycles. The van der Waals surface area contributed by atoms with Crippen molar-refractivity contribution >= 4 is 27.2 Å². The second-order valence-electron chi connectivity index (χ2n) is 4.82. The first-order valence-electron chi connectivity index (χ1n) is 6.06. The van der Waals surface area contributed by atoms with Gasteiger partial charge in [0, 0.05) is 11.1 Å². The Morgan fingerprint density at radius 2 is 1.53 bits per heavy atom. The molecule has 0 saturated heterocycles. The van der Waals surface area contributed by atoms with Gasteiger partial charge in [-0.25, -0.2) is 0 Å². The van der Waals surface area contributed by atoms with Crippen LogP contribution in [0.3, 0.4) is 0 Å². The van der Waals surface area contributed by atoms with Crippen molar-refractivity contribution in [3.05, 3.63) is 53.6 Å². The minimum Gasteiger partial charge on any atom is -0.398 e. The van der Waals surface area contributed by atoms with Gasteiger partial charge in [0.2, 0.25) is 0 Å². The molecule has 0 radical (unpaired) electrons. The molecule has 17 heavy (non-hydrogen) atoms. The highest BCUT2D eigenvalue weighted by Gasteiger charge is 2.15. The van der Waals surface area contributed by atoms with Crippen LogP contribution < -0.4 is 5.73 Å². The molecule has 0 bridgehead atoms. The summed E-state index contributed by atoms with van der Waals surface area (Å²) in [6.07, 6.45) is 2.28. The molecule has 4 rings (SSSR count). The van der Waals surface area contributed by atoms with Crippen molar-refractivity contribution in [2.45, 2.75) is 12.8 Å². The lowest BCUT2D eigenvalue weighted by atomic mass is 9.86. The third-order valence-corrected chi connectivity index (χ3v) is 3.87. The number of anilines is 1. The number of aryl methyl sites for hydroxylation is 2. The number of nitrogen functional groups attached to an aromatic ring is 1. The molecule has 0 unspecified atom stereocenters. The van der Waals surface area contributed by atoms with Crippen LogP contribution in [0.2, 0.25) is 0 Å². The molecule has 0 heterocycles. The summed E-state index contributed by atoms with van der Waals surface area (Å²) in [5.41, 5.74) is 9.97. The van der Waals surface area contributed by atoms with Crippen molar-refractivity contribution in [1.82, 2.24) is 0 Å². The van der Waals surface area contributed by atoms with Crippen molar-refractivity contribution in [2.24, 2.45) is 0 Å². The predicted molar refractivity (Wildman–Crippen MR) is 73.3 cm³/mol. The van der Waals surface area contributed by atoms with Crippen LogP contribution in [0.4, 0.5) is 5.69 Å². The van der Waals surface area contributed by atoms with E-state index in [2.05, 4.69) is 42.5 Å². The minimum atomic E-state index is 0.897. The second-order valence-corrected chi connectivity index (χ2v) is 4.82. The molecule has 0 atom stereocenters. The molecule has 2 N–H and O–H groups in total. The number of benzene rings is 3.